The van der Waals surface area contributed by atoms with Gasteiger partial charge in [-0.2, -0.15) is 0 Å². The van der Waals surface area contributed by atoms with Crippen LogP contribution in [0, 0.1) is 0 Å². The van der Waals surface area contributed by atoms with Crippen molar-refractivity contribution in [2.75, 3.05) is 0 Å². The van der Waals surface area contributed by atoms with Crippen molar-refractivity contribution < 1.29 is 0 Å². The van der Waals surface area contributed by atoms with Crippen LogP contribution in [0.25, 0.3) is 70.6 Å². The van der Waals surface area contributed by atoms with E-state index in [1.165, 1.54) is 5.39 Å². The summed E-state index contributed by atoms with van der Waals surface area (Å²) < 4.78 is 4.45. The highest BCUT2D eigenvalue weighted by molar-refractivity contribution is 7.26. The van der Waals surface area contributed by atoms with Crippen LogP contribution in [-0.4, -0.2) is 37.9 Å². The number of para-hydroxylation sites is 2. The molecule has 0 unspecified atom stereocenters. The van der Waals surface area contributed by atoms with Gasteiger partial charge in [-0.25, -0.2) is 20.0 Å². The van der Waals surface area contributed by atoms with Gasteiger partial charge in [0.05, 0.1) is 33.5 Å². The van der Waals surface area contributed by atoms with Gasteiger partial charge >= 0.3 is 0 Å². The maximum absolute atomic E-state index is 5.29. The SMILES string of the molecule is C=NC(=NC(=NCc1ccccc1)c1ccc(-c2nc(-c3ccc4c(c3)c3ccccc3n4-c3ccccc3)nc3c2sc2ccccc23)nc1)c1ccccc1. The Morgan fingerprint density at radius 2 is 1.32 bits per heavy atom. The quantitative estimate of drug-likeness (QED) is 0.120. The van der Waals surface area contributed by atoms with Crippen LogP contribution in [-0.2, 0) is 6.54 Å². The van der Waals surface area contributed by atoms with Gasteiger partial charge in [0.25, 0.3) is 0 Å². The molecule has 0 bridgehead atoms. The fourth-order valence-electron chi connectivity index (χ4n) is 7.35. The summed E-state index contributed by atoms with van der Waals surface area (Å²) in [5, 5.41) is 3.41. The molecular formula is C49H33N7S. The first kappa shape index (κ1) is 34.1. The largest absolute Gasteiger partial charge is 0.309 e. The van der Waals surface area contributed by atoms with E-state index in [1.54, 1.807) is 11.3 Å². The number of rotatable bonds is 7. The summed E-state index contributed by atoms with van der Waals surface area (Å²) in [4.78, 5) is 29.7. The van der Waals surface area contributed by atoms with Gasteiger partial charge in [0.2, 0.25) is 0 Å². The number of nitrogens with zero attached hydrogens (tertiary/aromatic N) is 7. The molecule has 0 aliphatic heterocycles. The lowest BCUT2D eigenvalue weighted by Crippen LogP contribution is -2.06. The molecule has 0 N–H and O–H groups in total. The number of pyridine rings is 1. The monoisotopic (exact) mass is 751 g/mol. The Balaban J connectivity index is 1.11. The molecule has 0 atom stereocenters. The zero-order valence-corrected chi connectivity index (χ0v) is 31.5. The van der Waals surface area contributed by atoms with Gasteiger partial charge < -0.3 is 4.57 Å². The molecule has 0 saturated heterocycles. The molecule has 270 valence electrons. The van der Waals surface area contributed by atoms with Crippen molar-refractivity contribution in [2.45, 2.75) is 6.54 Å². The van der Waals surface area contributed by atoms with Crippen LogP contribution in [0.4, 0.5) is 0 Å². The fourth-order valence-corrected chi connectivity index (χ4v) is 8.49. The minimum atomic E-state index is 0.451. The van der Waals surface area contributed by atoms with Crippen LogP contribution in [0.1, 0.15) is 16.7 Å². The summed E-state index contributed by atoms with van der Waals surface area (Å²) >= 11 is 1.68. The molecular weight excluding hydrogens is 719 g/mol. The zero-order valence-electron chi connectivity index (χ0n) is 30.7. The lowest BCUT2D eigenvalue weighted by Gasteiger charge is -2.09. The third-order valence-corrected chi connectivity index (χ3v) is 11.2. The summed E-state index contributed by atoms with van der Waals surface area (Å²) in [7, 11) is 0. The van der Waals surface area contributed by atoms with Crippen LogP contribution in [0.15, 0.2) is 191 Å². The van der Waals surface area contributed by atoms with E-state index in [1.807, 2.05) is 72.9 Å². The molecule has 10 aromatic rings. The predicted octanol–water partition coefficient (Wildman–Crippen LogP) is 11.8. The van der Waals surface area contributed by atoms with Gasteiger partial charge in [-0.05, 0) is 66.9 Å². The maximum atomic E-state index is 5.29. The van der Waals surface area contributed by atoms with Crippen molar-refractivity contribution in [3.05, 3.63) is 193 Å². The van der Waals surface area contributed by atoms with Gasteiger partial charge in [-0.3, -0.25) is 9.98 Å². The Hall–Kier alpha value is -7.42. The predicted molar refractivity (Wildman–Crippen MR) is 237 cm³/mol. The first-order valence-corrected chi connectivity index (χ1v) is 19.5. The van der Waals surface area contributed by atoms with Crippen molar-refractivity contribution in [1.29, 1.82) is 0 Å². The second kappa shape index (κ2) is 14.7. The topological polar surface area (TPSA) is 80.7 Å². The molecule has 0 amide bonds. The van der Waals surface area contributed by atoms with Crippen LogP contribution < -0.4 is 0 Å². The van der Waals surface area contributed by atoms with Crippen molar-refractivity contribution in [3.63, 3.8) is 0 Å². The summed E-state index contributed by atoms with van der Waals surface area (Å²) in [5.41, 5.74) is 9.43. The van der Waals surface area contributed by atoms with Crippen LogP contribution in [0.2, 0.25) is 0 Å². The summed E-state index contributed by atoms with van der Waals surface area (Å²) in [6.45, 7) is 4.27. The molecule has 0 spiro atoms. The van der Waals surface area contributed by atoms with Crippen molar-refractivity contribution in [3.8, 4) is 28.5 Å². The van der Waals surface area contributed by atoms with Crippen LogP contribution in [0.5, 0.6) is 0 Å². The molecule has 0 fully saturated rings. The Morgan fingerprint density at radius 3 is 2.09 bits per heavy atom. The van der Waals surface area contributed by atoms with Gasteiger partial charge in [0.1, 0.15) is 5.69 Å². The van der Waals surface area contributed by atoms with Crippen molar-refractivity contribution in [1.82, 2.24) is 19.5 Å². The van der Waals surface area contributed by atoms with E-state index >= 15 is 0 Å². The van der Waals surface area contributed by atoms with Gasteiger partial charge in [-0.15, -0.1) is 11.3 Å². The highest BCUT2D eigenvalue weighted by Gasteiger charge is 2.20. The molecule has 6 aromatic carbocycles. The lowest BCUT2D eigenvalue weighted by atomic mass is 10.1. The minimum absolute atomic E-state index is 0.451. The van der Waals surface area contributed by atoms with E-state index in [0.717, 1.165) is 76.1 Å². The van der Waals surface area contributed by atoms with Crippen molar-refractivity contribution in [2.24, 2.45) is 15.0 Å². The average molecular weight is 752 g/mol. The smallest absolute Gasteiger partial charge is 0.161 e. The Kier molecular flexibility index (Phi) is 8.78. The first-order valence-electron chi connectivity index (χ1n) is 18.7. The Labute approximate surface area is 332 Å². The minimum Gasteiger partial charge on any atom is -0.309 e. The number of hydrogen-bond acceptors (Lipinski definition) is 5. The van der Waals surface area contributed by atoms with E-state index in [9.17, 15) is 0 Å². The van der Waals surface area contributed by atoms with E-state index in [2.05, 4.69) is 119 Å². The summed E-state index contributed by atoms with van der Waals surface area (Å²) in [6, 6.07) is 57.9. The molecule has 4 aromatic heterocycles. The fraction of sp³-hybridized carbons (Fsp3) is 0.0204. The lowest BCUT2D eigenvalue weighted by molar-refractivity contribution is 1.06. The highest BCUT2D eigenvalue weighted by atomic mass is 32.1. The zero-order chi connectivity index (χ0) is 38.1. The maximum Gasteiger partial charge on any atom is 0.161 e. The molecule has 0 radical (unpaired) electrons. The average Bonchev–Trinajstić information content (AvgIpc) is 3.83. The number of benzene rings is 6. The molecule has 57 heavy (non-hydrogen) atoms. The molecule has 4 heterocycles. The van der Waals surface area contributed by atoms with E-state index < -0.39 is 0 Å². The number of amidine groups is 2. The molecule has 7 nitrogen and oxygen atoms in total. The van der Waals surface area contributed by atoms with Crippen LogP contribution >= 0.6 is 11.3 Å². The summed E-state index contributed by atoms with van der Waals surface area (Å²) in [6.07, 6.45) is 1.82. The summed E-state index contributed by atoms with van der Waals surface area (Å²) in [5.74, 6) is 1.65. The van der Waals surface area contributed by atoms with Crippen molar-refractivity contribution >= 4 is 71.8 Å². The van der Waals surface area contributed by atoms with E-state index in [4.69, 9.17) is 24.9 Å². The Morgan fingerprint density at radius 1 is 0.614 bits per heavy atom. The van der Waals surface area contributed by atoms with Gasteiger partial charge in [0, 0.05) is 49.4 Å². The standard InChI is InChI=1S/C49H33N7S/c1-50-47(33-17-7-3-8-18-33)55-48(52-30-32-15-5-2-6-16-32)35-25-27-40(51-31-35)45-46-44(38-22-12-14-24-43(38)57-46)53-49(54-45)34-26-28-42-39(29-34)37-21-11-13-23-41(37)56(42)36-19-9-4-10-20-36/h2-29,31H,1,30H2. The molecule has 8 heteroatoms. The number of aromatic nitrogens is 4. The number of fused-ring (bicyclic) bond motifs is 6. The van der Waals surface area contributed by atoms with E-state index in [0.29, 0.717) is 24.0 Å². The normalized spacial score (nSPS) is 12.2. The Bertz CT molecular complexity index is 3150. The van der Waals surface area contributed by atoms with E-state index in [-0.39, 0.29) is 0 Å². The molecule has 10 rings (SSSR count). The third kappa shape index (κ3) is 6.38. The van der Waals surface area contributed by atoms with Crippen LogP contribution in [0.3, 0.4) is 0 Å². The molecule has 0 aliphatic rings. The van der Waals surface area contributed by atoms with Gasteiger partial charge in [-0.1, -0.05) is 115 Å². The number of aliphatic imine (C=N–C) groups is 3. The number of thiophene rings is 1. The number of hydrogen-bond donors (Lipinski definition) is 0. The molecule has 0 aliphatic carbocycles. The second-order valence-electron chi connectivity index (χ2n) is 13.6. The third-order valence-electron chi connectivity index (χ3n) is 10.1. The second-order valence-corrected chi connectivity index (χ2v) is 14.7. The molecule has 0 saturated carbocycles. The van der Waals surface area contributed by atoms with Gasteiger partial charge in [0.15, 0.2) is 17.5 Å². The highest BCUT2D eigenvalue weighted by Crippen LogP contribution is 2.40. The first-order chi connectivity index (χ1) is 28.2.